The van der Waals surface area contributed by atoms with Crippen LogP contribution in [0.25, 0.3) is 16.9 Å². The fraction of sp³-hybridized carbons (Fsp3) is 0.286. The number of pyridine rings is 2. The van der Waals surface area contributed by atoms with Gasteiger partial charge in [-0.05, 0) is 54.6 Å². The van der Waals surface area contributed by atoms with Gasteiger partial charge in [0.25, 0.3) is 0 Å². The number of rotatable bonds is 6. The van der Waals surface area contributed by atoms with Crippen molar-refractivity contribution in [1.29, 1.82) is 0 Å². The van der Waals surface area contributed by atoms with Crippen LogP contribution < -0.4 is 10.1 Å². The summed E-state index contributed by atoms with van der Waals surface area (Å²) in [5.74, 6) is 0.609. The van der Waals surface area contributed by atoms with E-state index in [1.165, 1.54) is 42.7 Å². The molecule has 0 amide bonds. The molecule has 0 aliphatic carbocycles. The molecule has 4 aromatic rings. The van der Waals surface area contributed by atoms with Crippen molar-refractivity contribution >= 4 is 12.1 Å². The van der Waals surface area contributed by atoms with E-state index in [-0.39, 0.29) is 17.1 Å². The lowest BCUT2D eigenvalue weighted by Gasteiger charge is -2.10. The molecule has 4 rings (SSSR count). The van der Waals surface area contributed by atoms with Gasteiger partial charge < -0.3 is 10.1 Å². The number of hydrogen-bond acceptors (Lipinski definition) is 6. The molecule has 224 valence electrons. The molecule has 0 atom stereocenters. The second kappa shape index (κ2) is 19.6. The van der Waals surface area contributed by atoms with E-state index < -0.39 is 18.5 Å². The molecule has 1 aromatic carbocycles. The molecule has 0 saturated carbocycles. The highest BCUT2D eigenvalue weighted by molar-refractivity contribution is 5.74. The fourth-order valence-corrected chi connectivity index (χ4v) is 2.82. The summed E-state index contributed by atoms with van der Waals surface area (Å²) in [5.41, 5.74) is 0.498. The first-order valence-electron chi connectivity index (χ1n) is 12.3. The highest BCUT2D eigenvalue weighted by Gasteiger charge is 2.36. The Morgan fingerprint density at radius 2 is 1.59 bits per heavy atom. The average Bonchev–Trinajstić information content (AvgIpc) is 3.48. The Balaban J connectivity index is 0.000000752. The second-order valence-electron chi connectivity index (χ2n) is 6.78. The van der Waals surface area contributed by atoms with Crippen LogP contribution >= 0.6 is 0 Å². The van der Waals surface area contributed by atoms with E-state index in [1.807, 2.05) is 27.7 Å². The van der Waals surface area contributed by atoms with Crippen molar-refractivity contribution in [1.82, 2.24) is 19.7 Å². The molecule has 1 N–H and O–H groups in total. The molecule has 3 heterocycles. The third-order valence-electron chi connectivity index (χ3n) is 4.45. The SMILES string of the molecule is CC.CC.CF.CNc1ccc(-n2nc(-c3cccnc3)cc2C(F)(F)F)cn1.O=Cc1ccc(OC(F)F)cc1. The van der Waals surface area contributed by atoms with E-state index in [0.29, 0.717) is 30.4 Å². The highest BCUT2D eigenvalue weighted by Crippen LogP contribution is 2.33. The van der Waals surface area contributed by atoms with Gasteiger partial charge in [-0.2, -0.15) is 27.1 Å². The molecular weight excluding hydrogens is 552 g/mol. The summed E-state index contributed by atoms with van der Waals surface area (Å²) in [6.07, 6.45) is 0.448. The Morgan fingerprint density at radius 3 is 2.02 bits per heavy atom. The van der Waals surface area contributed by atoms with Crippen LogP contribution in [0.1, 0.15) is 43.7 Å². The van der Waals surface area contributed by atoms with Gasteiger partial charge in [0.15, 0.2) is 0 Å². The van der Waals surface area contributed by atoms with E-state index in [0.717, 1.165) is 10.7 Å². The van der Waals surface area contributed by atoms with Crippen LogP contribution in [-0.4, -0.2) is 46.9 Å². The van der Waals surface area contributed by atoms with Gasteiger partial charge in [0.2, 0.25) is 0 Å². The van der Waals surface area contributed by atoms with Crippen molar-refractivity contribution in [3.8, 4) is 22.7 Å². The van der Waals surface area contributed by atoms with Gasteiger partial charge in [-0.15, -0.1) is 0 Å². The Kier molecular flexibility index (Phi) is 17.5. The average molecular weight is 586 g/mol. The molecule has 0 aliphatic heterocycles. The van der Waals surface area contributed by atoms with E-state index >= 15 is 0 Å². The number of hydrogen-bond donors (Lipinski definition) is 1. The van der Waals surface area contributed by atoms with Gasteiger partial charge in [-0.1, -0.05) is 27.7 Å². The first kappa shape index (κ1) is 36.6. The largest absolute Gasteiger partial charge is 0.435 e. The maximum Gasteiger partial charge on any atom is 0.433 e. The summed E-state index contributed by atoms with van der Waals surface area (Å²) in [6.45, 7) is 5.17. The quantitative estimate of drug-likeness (QED) is 0.182. The van der Waals surface area contributed by atoms with Gasteiger partial charge >= 0.3 is 12.8 Å². The Labute approximate surface area is 235 Å². The molecule has 0 unspecified atom stereocenters. The van der Waals surface area contributed by atoms with Crippen molar-refractivity contribution in [2.75, 3.05) is 19.5 Å². The summed E-state index contributed by atoms with van der Waals surface area (Å²) in [4.78, 5) is 18.1. The molecule has 13 heteroatoms. The lowest BCUT2D eigenvalue weighted by atomic mass is 10.2. The van der Waals surface area contributed by atoms with Crippen LogP contribution in [0.4, 0.5) is 32.2 Å². The molecule has 0 aliphatic rings. The maximum atomic E-state index is 13.3. The number of nitrogens with one attached hydrogen (secondary N) is 1. The van der Waals surface area contributed by atoms with Gasteiger partial charge in [-0.25, -0.2) is 9.67 Å². The predicted molar refractivity (Wildman–Crippen MR) is 147 cm³/mol. The van der Waals surface area contributed by atoms with Crippen molar-refractivity contribution < 1.29 is 35.9 Å². The first-order chi connectivity index (χ1) is 19.7. The monoisotopic (exact) mass is 585 g/mol. The van der Waals surface area contributed by atoms with E-state index in [2.05, 4.69) is 25.1 Å². The predicted octanol–water partition coefficient (Wildman–Crippen LogP) is 8.13. The molecule has 3 aromatic heterocycles. The Morgan fingerprint density at radius 1 is 0.951 bits per heavy atom. The summed E-state index contributed by atoms with van der Waals surface area (Å²) >= 11 is 0. The fourth-order valence-electron chi connectivity index (χ4n) is 2.82. The normalized spacial score (nSPS) is 9.78. The lowest BCUT2D eigenvalue weighted by molar-refractivity contribution is -0.142. The molecule has 41 heavy (non-hydrogen) atoms. The molecule has 0 fully saturated rings. The van der Waals surface area contributed by atoms with Crippen LogP contribution in [-0.2, 0) is 6.18 Å². The maximum absolute atomic E-state index is 13.3. The topological polar surface area (TPSA) is 81.9 Å². The lowest BCUT2D eigenvalue weighted by Crippen LogP contribution is -2.13. The van der Waals surface area contributed by atoms with E-state index in [1.54, 1.807) is 31.4 Å². The third-order valence-corrected chi connectivity index (χ3v) is 4.45. The zero-order valence-corrected chi connectivity index (χ0v) is 23.5. The van der Waals surface area contributed by atoms with Crippen LogP contribution in [0.3, 0.4) is 0 Å². The van der Waals surface area contributed by atoms with Crippen molar-refractivity contribution in [2.45, 2.75) is 40.5 Å². The van der Waals surface area contributed by atoms with Crippen molar-refractivity contribution in [3.05, 3.63) is 84.4 Å². The molecule has 7 nitrogen and oxygen atoms in total. The number of alkyl halides is 6. The van der Waals surface area contributed by atoms with E-state index in [4.69, 9.17) is 0 Å². The molecule has 0 radical (unpaired) electrons. The molecule has 0 spiro atoms. The van der Waals surface area contributed by atoms with Gasteiger partial charge in [0.05, 0.1) is 24.8 Å². The first-order valence-corrected chi connectivity index (χ1v) is 12.3. The number of aromatic nitrogens is 4. The number of aldehydes is 1. The number of anilines is 1. The van der Waals surface area contributed by atoms with Crippen LogP contribution in [0.2, 0.25) is 0 Å². The molecule has 0 saturated heterocycles. The minimum Gasteiger partial charge on any atom is -0.435 e. The van der Waals surface area contributed by atoms with Crippen LogP contribution in [0, 0.1) is 0 Å². The van der Waals surface area contributed by atoms with Crippen molar-refractivity contribution in [3.63, 3.8) is 0 Å². The number of halogens is 6. The van der Waals surface area contributed by atoms with Crippen LogP contribution in [0.15, 0.2) is 73.2 Å². The summed E-state index contributed by atoms with van der Waals surface area (Å²) in [7, 11) is 2.18. The van der Waals surface area contributed by atoms with Gasteiger partial charge in [0, 0.05) is 30.6 Å². The number of benzene rings is 1. The number of carbonyl (C=O) groups is 1. The summed E-state index contributed by atoms with van der Waals surface area (Å²) in [5, 5.41) is 6.88. The van der Waals surface area contributed by atoms with Gasteiger partial charge in [-0.3, -0.25) is 14.2 Å². The Hall–Kier alpha value is -4.42. The smallest absolute Gasteiger partial charge is 0.433 e. The minimum absolute atomic E-state index is 0.0515. The molecular formula is C28H33F6N5O2. The van der Waals surface area contributed by atoms with Gasteiger partial charge in [0.1, 0.15) is 23.5 Å². The van der Waals surface area contributed by atoms with E-state index in [9.17, 15) is 31.1 Å². The van der Waals surface area contributed by atoms with Crippen molar-refractivity contribution in [2.24, 2.45) is 0 Å². The third kappa shape index (κ3) is 12.1. The zero-order valence-electron chi connectivity index (χ0n) is 23.5. The summed E-state index contributed by atoms with van der Waals surface area (Å²) < 4.78 is 77.5. The highest BCUT2D eigenvalue weighted by atomic mass is 19.4. The number of carbonyl (C=O) groups excluding carboxylic acids is 1. The van der Waals surface area contributed by atoms with Crippen LogP contribution in [0.5, 0.6) is 5.75 Å². The Bertz CT molecular complexity index is 1230. The summed E-state index contributed by atoms with van der Waals surface area (Å²) in [6, 6.07) is 12.9. The molecule has 0 bridgehead atoms. The number of ether oxygens (including phenoxy) is 1. The minimum atomic E-state index is -4.53. The second-order valence-corrected chi connectivity index (χ2v) is 6.78. The number of nitrogens with zero attached hydrogens (tertiary/aromatic N) is 4. The standard InChI is InChI=1S/C15H12F3N5.C8H6F2O2.2C2H6.CH3F/c1-19-14-5-4-11(9-21-14)23-13(15(16,17)18)7-12(22-23)10-3-2-6-20-8-10;9-8(10)12-7-3-1-6(5-11)2-4-7;3*1-2/h2-9H,1H3,(H,19,21);1-5,8H;2*1-2H3;1H3. The zero-order chi connectivity index (χ0) is 31.4.